The fourth-order valence-electron chi connectivity index (χ4n) is 8.67. The summed E-state index contributed by atoms with van der Waals surface area (Å²) < 4.78 is 6.53. The average molecular weight is 719 g/mol. The zero-order chi connectivity index (χ0) is 37.1. The summed E-state index contributed by atoms with van der Waals surface area (Å²) in [5, 5.41) is 3.54. The van der Waals surface area contributed by atoms with Crippen LogP contribution in [0.5, 0.6) is 11.5 Å². The van der Waals surface area contributed by atoms with Crippen molar-refractivity contribution in [3.05, 3.63) is 233 Å². The summed E-state index contributed by atoms with van der Waals surface area (Å²) in [6.45, 7) is 0. The maximum Gasteiger partial charge on any atom is 0.169 e. The van der Waals surface area contributed by atoms with E-state index in [1.807, 2.05) is 48.7 Å². The van der Waals surface area contributed by atoms with Crippen molar-refractivity contribution in [1.29, 1.82) is 0 Å². The number of para-hydroxylation sites is 2. The quantitative estimate of drug-likeness (QED) is 0.193. The summed E-state index contributed by atoms with van der Waals surface area (Å²) in [4.78, 5) is 15.3. The third kappa shape index (κ3) is 5.05. The van der Waals surface area contributed by atoms with Crippen LogP contribution in [0.3, 0.4) is 0 Å². The number of benzene rings is 7. The lowest BCUT2D eigenvalue weighted by Crippen LogP contribution is -2.36. The van der Waals surface area contributed by atoms with Crippen molar-refractivity contribution >= 4 is 11.7 Å². The molecule has 0 bridgehead atoms. The maximum absolute atomic E-state index is 6.53. The molecule has 56 heavy (non-hydrogen) atoms. The molecule has 0 saturated carbocycles. The second-order valence-corrected chi connectivity index (χ2v) is 14.4. The van der Waals surface area contributed by atoms with E-state index in [1.165, 1.54) is 16.7 Å². The van der Waals surface area contributed by atoms with Crippen LogP contribution in [-0.2, 0) is 5.41 Å². The van der Waals surface area contributed by atoms with E-state index in [0.29, 0.717) is 0 Å². The van der Waals surface area contributed by atoms with Gasteiger partial charge in [0.1, 0.15) is 23.2 Å². The van der Waals surface area contributed by atoms with Crippen LogP contribution < -0.4 is 10.1 Å². The number of amidine groups is 2. The summed E-state index contributed by atoms with van der Waals surface area (Å²) in [7, 11) is 0. The van der Waals surface area contributed by atoms with E-state index < -0.39 is 11.6 Å². The van der Waals surface area contributed by atoms with E-state index >= 15 is 0 Å². The third-order valence-electron chi connectivity index (χ3n) is 11.3. The van der Waals surface area contributed by atoms with Crippen LogP contribution in [-0.4, -0.2) is 16.7 Å². The SMILES string of the molecule is c1ccc(C2=NC(c3ccc(-c4ccc5c(c4)C4(c6ccccc6Oc6ccccc64)c4cccnc4-5)cc3)N=C(c3ccc(-c4ccccc4)cc3)N2)cc1. The van der Waals surface area contributed by atoms with E-state index in [1.54, 1.807) is 0 Å². The molecule has 1 aromatic heterocycles. The zero-order valence-corrected chi connectivity index (χ0v) is 30.3. The van der Waals surface area contributed by atoms with Gasteiger partial charge < -0.3 is 10.1 Å². The van der Waals surface area contributed by atoms with Crippen molar-refractivity contribution in [2.75, 3.05) is 0 Å². The summed E-state index contributed by atoms with van der Waals surface area (Å²) in [6.07, 6.45) is 1.48. The number of aliphatic imine (C=N–C) groups is 2. The molecule has 1 N–H and O–H groups in total. The van der Waals surface area contributed by atoms with Gasteiger partial charge in [0.05, 0.1) is 11.1 Å². The van der Waals surface area contributed by atoms with Gasteiger partial charge in [0.2, 0.25) is 0 Å². The van der Waals surface area contributed by atoms with Crippen molar-refractivity contribution in [2.24, 2.45) is 9.98 Å². The molecular weight excluding hydrogens is 685 g/mol. The first-order chi connectivity index (χ1) is 27.7. The van der Waals surface area contributed by atoms with Gasteiger partial charge in [-0.1, -0.05) is 164 Å². The highest BCUT2D eigenvalue weighted by molar-refractivity contribution is 6.16. The first-order valence-corrected chi connectivity index (χ1v) is 19.0. The first-order valence-electron chi connectivity index (χ1n) is 19.0. The van der Waals surface area contributed by atoms with Gasteiger partial charge >= 0.3 is 0 Å². The number of hydrogen-bond acceptors (Lipinski definition) is 5. The minimum atomic E-state index is -0.567. The van der Waals surface area contributed by atoms with Crippen LogP contribution in [0.25, 0.3) is 33.5 Å². The fraction of sp³-hybridized carbons (Fsp3) is 0.0392. The molecule has 0 saturated heterocycles. The lowest BCUT2D eigenvalue weighted by Gasteiger charge is -2.39. The molecule has 1 atom stereocenters. The Bertz CT molecular complexity index is 2800. The highest BCUT2D eigenvalue weighted by Crippen LogP contribution is 2.61. The zero-order valence-electron chi connectivity index (χ0n) is 30.3. The summed E-state index contributed by atoms with van der Waals surface area (Å²) in [5.74, 6) is 3.33. The first kappa shape index (κ1) is 32.1. The van der Waals surface area contributed by atoms with Gasteiger partial charge in [0, 0.05) is 34.0 Å². The lowest BCUT2D eigenvalue weighted by molar-refractivity contribution is 0.436. The Morgan fingerprint density at radius 3 is 1.61 bits per heavy atom. The van der Waals surface area contributed by atoms with Crippen molar-refractivity contribution in [2.45, 2.75) is 11.6 Å². The van der Waals surface area contributed by atoms with Gasteiger partial charge in [-0.15, -0.1) is 0 Å². The number of rotatable bonds is 5. The van der Waals surface area contributed by atoms with Gasteiger partial charge in [-0.05, 0) is 63.2 Å². The van der Waals surface area contributed by atoms with Crippen molar-refractivity contribution < 1.29 is 4.74 Å². The molecule has 1 spiro atoms. The number of fused-ring (bicyclic) bond motifs is 9. The van der Waals surface area contributed by atoms with E-state index in [4.69, 9.17) is 19.7 Å². The Morgan fingerprint density at radius 1 is 0.429 bits per heavy atom. The Balaban J connectivity index is 0.989. The topological polar surface area (TPSA) is 58.9 Å². The van der Waals surface area contributed by atoms with Crippen LogP contribution in [0.2, 0.25) is 0 Å². The normalized spacial score (nSPS) is 15.6. The number of pyridine rings is 1. The second kappa shape index (κ2) is 12.9. The molecule has 5 heteroatoms. The second-order valence-electron chi connectivity index (χ2n) is 14.4. The standard InChI is InChI=1S/C51H34N4O/c1-3-12-33(13-4-1)34-21-25-37(26-22-34)49-53-48(36-14-5-2-6-15-36)54-50(55-49)38-27-23-35(24-28-38)39-29-30-40-44(32-39)51(43-18-11-31-52-47(40)43)41-16-7-9-19-45(41)56-46-20-10-8-17-42(46)51/h1-32,50H,(H,53,54,55). The Morgan fingerprint density at radius 2 is 0.929 bits per heavy atom. The maximum atomic E-state index is 6.53. The van der Waals surface area contributed by atoms with E-state index in [0.717, 1.165) is 78.9 Å². The number of aromatic nitrogens is 1. The highest BCUT2D eigenvalue weighted by Gasteiger charge is 2.51. The van der Waals surface area contributed by atoms with Crippen molar-refractivity contribution in [1.82, 2.24) is 10.3 Å². The molecule has 3 heterocycles. The third-order valence-corrected chi connectivity index (χ3v) is 11.3. The molecule has 1 aliphatic carbocycles. The van der Waals surface area contributed by atoms with Crippen LogP contribution in [0.4, 0.5) is 0 Å². The monoisotopic (exact) mass is 718 g/mol. The van der Waals surface area contributed by atoms with Gasteiger partial charge in [-0.3, -0.25) is 4.98 Å². The molecule has 7 aromatic carbocycles. The molecule has 0 amide bonds. The van der Waals surface area contributed by atoms with Gasteiger partial charge in [-0.2, -0.15) is 0 Å². The lowest BCUT2D eigenvalue weighted by atomic mass is 9.66. The number of nitrogens with zero attached hydrogens (tertiary/aromatic N) is 3. The highest BCUT2D eigenvalue weighted by atomic mass is 16.5. The average Bonchev–Trinajstić information content (AvgIpc) is 3.57. The molecular formula is C51H34N4O. The molecule has 0 radical (unpaired) electrons. The molecule has 2 aliphatic heterocycles. The number of nitrogens with one attached hydrogen (secondary N) is 1. The predicted molar refractivity (Wildman–Crippen MR) is 224 cm³/mol. The molecule has 5 nitrogen and oxygen atoms in total. The van der Waals surface area contributed by atoms with Gasteiger partial charge in [0.15, 0.2) is 6.17 Å². The number of ether oxygens (including phenoxy) is 1. The van der Waals surface area contributed by atoms with Crippen LogP contribution in [0.15, 0.2) is 204 Å². The minimum absolute atomic E-state index is 0.414. The summed E-state index contributed by atoms with van der Waals surface area (Å²) >= 11 is 0. The van der Waals surface area contributed by atoms with Crippen molar-refractivity contribution in [3.8, 4) is 45.0 Å². The van der Waals surface area contributed by atoms with E-state index in [-0.39, 0.29) is 0 Å². The van der Waals surface area contributed by atoms with Gasteiger partial charge in [0.25, 0.3) is 0 Å². The van der Waals surface area contributed by atoms with Gasteiger partial charge in [-0.25, -0.2) is 9.98 Å². The molecule has 264 valence electrons. The molecule has 11 rings (SSSR count). The van der Waals surface area contributed by atoms with Crippen LogP contribution >= 0.6 is 0 Å². The molecule has 8 aromatic rings. The fourth-order valence-corrected chi connectivity index (χ4v) is 8.67. The van der Waals surface area contributed by atoms with Crippen LogP contribution in [0.1, 0.15) is 45.1 Å². The van der Waals surface area contributed by atoms with E-state index in [9.17, 15) is 0 Å². The number of hydrogen-bond donors (Lipinski definition) is 1. The summed E-state index contributed by atoms with van der Waals surface area (Å²) in [5.41, 5.74) is 13.9. The Kier molecular flexibility index (Phi) is 7.39. The molecule has 3 aliphatic rings. The largest absolute Gasteiger partial charge is 0.457 e. The summed E-state index contributed by atoms with van der Waals surface area (Å²) in [6, 6.07) is 65.9. The van der Waals surface area contributed by atoms with Crippen molar-refractivity contribution in [3.63, 3.8) is 0 Å². The van der Waals surface area contributed by atoms with Crippen LogP contribution in [0, 0.1) is 0 Å². The smallest absolute Gasteiger partial charge is 0.169 e. The van der Waals surface area contributed by atoms with E-state index in [2.05, 4.69) is 151 Å². The minimum Gasteiger partial charge on any atom is -0.457 e. The molecule has 1 unspecified atom stereocenters. The molecule has 0 fully saturated rings. The predicted octanol–water partition coefficient (Wildman–Crippen LogP) is 11.4. The Hall–Kier alpha value is -7.37. The Labute approximate surface area is 325 Å².